The number of piperazine rings is 1. The molecule has 0 radical (unpaired) electrons. The van der Waals surface area contributed by atoms with E-state index in [-0.39, 0.29) is 23.5 Å². The summed E-state index contributed by atoms with van der Waals surface area (Å²) in [4.78, 5) is 25.0. The SMILES string of the molecule is COc1ncc2c(N3CC(C)NC(C)C3)ccc(C(=O)Nc3cc(Oc4ccc(C#N)nn4)c4nn(C)cc4c3)c2n1. The van der Waals surface area contributed by atoms with Gasteiger partial charge in [0.25, 0.3) is 5.91 Å². The first-order chi connectivity index (χ1) is 20.3. The highest BCUT2D eigenvalue weighted by Gasteiger charge is 2.25. The predicted octanol–water partition coefficient (Wildman–Crippen LogP) is 3.42. The van der Waals surface area contributed by atoms with Crippen molar-refractivity contribution in [3.63, 3.8) is 0 Å². The maximum atomic E-state index is 13.8. The van der Waals surface area contributed by atoms with Crippen LogP contribution in [0.5, 0.6) is 17.6 Å². The van der Waals surface area contributed by atoms with Gasteiger partial charge in [-0.15, -0.1) is 10.2 Å². The Morgan fingerprint density at radius 1 is 1.12 bits per heavy atom. The smallest absolute Gasteiger partial charge is 0.316 e. The molecule has 1 saturated heterocycles. The molecule has 1 amide bonds. The van der Waals surface area contributed by atoms with Gasteiger partial charge in [-0.2, -0.15) is 15.3 Å². The van der Waals surface area contributed by atoms with E-state index in [0.29, 0.717) is 40.1 Å². The van der Waals surface area contributed by atoms with Crippen LogP contribution in [0.4, 0.5) is 11.4 Å². The van der Waals surface area contributed by atoms with Crippen molar-refractivity contribution >= 4 is 39.1 Å². The topological polar surface area (TPSA) is 156 Å². The summed E-state index contributed by atoms with van der Waals surface area (Å²) in [6.45, 7) is 5.93. The van der Waals surface area contributed by atoms with Crippen LogP contribution in [0.2, 0.25) is 0 Å². The summed E-state index contributed by atoms with van der Waals surface area (Å²) < 4.78 is 12.9. The molecule has 0 aliphatic carbocycles. The first-order valence-electron chi connectivity index (χ1n) is 13.4. The standard InChI is InChI=1S/C29H28N10O3/c1-16-13-39(14-17(2)32-16)23-7-6-21(27-22(23)12-31-29(34-27)41-4)28(40)33-20-9-18-15-38(3)37-26(18)24(10-20)42-25-8-5-19(11-30)35-36-25/h5-10,12,15-17,32H,13-14H2,1-4H3,(H,33,40). The molecule has 3 aromatic heterocycles. The molecule has 5 aromatic rings. The Bertz CT molecular complexity index is 1840. The summed E-state index contributed by atoms with van der Waals surface area (Å²) in [5.74, 6) is 0.196. The van der Waals surface area contributed by atoms with Crippen molar-refractivity contribution in [3.05, 3.63) is 60.0 Å². The highest BCUT2D eigenvalue weighted by molar-refractivity contribution is 6.14. The lowest BCUT2D eigenvalue weighted by Crippen LogP contribution is -2.54. The number of methoxy groups -OCH3 is 1. The van der Waals surface area contributed by atoms with Crippen molar-refractivity contribution in [2.24, 2.45) is 7.05 Å². The third-order valence-corrected chi connectivity index (χ3v) is 6.95. The number of amides is 1. The van der Waals surface area contributed by atoms with Crippen LogP contribution in [0, 0.1) is 11.3 Å². The normalized spacial score (nSPS) is 16.8. The molecular weight excluding hydrogens is 536 g/mol. The lowest BCUT2D eigenvalue weighted by Gasteiger charge is -2.38. The summed E-state index contributed by atoms with van der Waals surface area (Å²) in [6, 6.07) is 13.0. The minimum atomic E-state index is -0.360. The van der Waals surface area contributed by atoms with Gasteiger partial charge in [-0.05, 0) is 38.1 Å². The van der Waals surface area contributed by atoms with Crippen molar-refractivity contribution < 1.29 is 14.3 Å². The van der Waals surface area contributed by atoms with Gasteiger partial charge >= 0.3 is 6.01 Å². The molecule has 0 saturated carbocycles. The van der Waals surface area contributed by atoms with E-state index in [4.69, 9.17) is 14.7 Å². The molecule has 2 unspecified atom stereocenters. The fourth-order valence-corrected chi connectivity index (χ4v) is 5.29. The number of hydrogen-bond donors (Lipinski definition) is 2. The van der Waals surface area contributed by atoms with Gasteiger partial charge in [0, 0.05) is 78.9 Å². The number of aromatic nitrogens is 6. The number of fused-ring (bicyclic) bond motifs is 2. The molecule has 42 heavy (non-hydrogen) atoms. The van der Waals surface area contributed by atoms with Gasteiger partial charge in [0.1, 0.15) is 11.6 Å². The van der Waals surface area contributed by atoms with Gasteiger partial charge in [-0.1, -0.05) is 0 Å². The number of carbonyl (C=O) groups is 1. The predicted molar refractivity (Wildman–Crippen MR) is 156 cm³/mol. The zero-order valence-corrected chi connectivity index (χ0v) is 23.5. The Morgan fingerprint density at radius 2 is 1.93 bits per heavy atom. The lowest BCUT2D eigenvalue weighted by atomic mass is 10.0. The molecule has 6 rings (SSSR count). The maximum Gasteiger partial charge on any atom is 0.316 e. The van der Waals surface area contributed by atoms with E-state index >= 15 is 0 Å². The Balaban J connectivity index is 1.36. The highest BCUT2D eigenvalue weighted by atomic mass is 16.5. The molecule has 13 heteroatoms. The fraction of sp³-hybridized carbons (Fsp3) is 0.276. The third-order valence-electron chi connectivity index (χ3n) is 6.95. The van der Waals surface area contributed by atoms with Gasteiger partial charge in [0.2, 0.25) is 5.88 Å². The molecule has 13 nitrogen and oxygen atoms in total. The highest BCUT2D eigenvalue weighted by Crippen LogP contribution is 2.34. The molecule has 0 spiro atoms. The molecule has 1 aliphatic rings. The number of nitrogens with one attached hydrogen (secondary N) is 2. The van der Waals surface area contributed by atoms with Crippen LogP contribution in [0.1, 0.15) is 29.9 Å². The van der Waals surface area contributed by atoms with Crippen molar-refractivity contribution in [3.8, 4) is 23.7 Å². The van der Waals surface area contributed by atoms with Gasteiger partial charge in [0.15, 0.2) is 11.4 Å². The van der Waals surface area contributed by atoms with Crippen LogP contribution in [-0.2, 0) is 7.05 Å². The van der Waals surface area contributed by atoms with Crippen molar-refractivity contribution in [1.29, 1.82) is 5.26 Å². The molecule has 212 valence electrons. The number of hydrogen-bond acceptors (Lipinski definition) is 11. The molecule has 1 aliphatic heterocycles. The summed E-state index contributed by atoms with van der Waals surface area (Å²) in [6.07, 6.45) is 3.52. The van der Waals surface area contributed by atoms with Gasteiger partial charge < -0.3 is 25.0 Å². The quantitative estimate of drug-likeness (QED) is 0.311. The zero-order chi connectivity index (χ0) is 29.4. The van der Waals surface area contributed by atoms with Gasteiger partial charge in [-0.25, -0.2) is 4.98 Å². The number of rotatable bonds is 6. The van der Waals surface area contributed by atoms with Crippen molar-refractivity contribution in [2.45, 2.75) is 25.9 Å². The summed E-state index contributed by atoms with van der Waals surface area (Å²) >= 11 is 0. The van der Waals surface area contributed by atoms with E-state index in [1.807, 2.05) is 24.4 Å². The Hall–Kier alpha value is -5.35. The molecule has 0 bridgehead atoms. The summed E-state index contributed by atoms with van der Waals surface area (Å²) in [7, 11) is 3.29. The first kappa shape index (κ1) is 26.9. The van der Waals surface area contributed by atoms with Crippen LogP contribution < -0.4 is 25.0 Å². The number of anilines is 2. The average Bonchev–Trinajstić information content (AvgIpc) is 3.36. The maximum absolute atomic E-state index is 13.8. The number of aryl methyl sites for hydroxylation is 1. The molecule has 1 fully saturated rings. The minimum Gasteiger partial charge on any atom is -0.467 e. The summed E-state index contributed by atoms with van der Waals surface area (Å²) in [5.41, 5.74) is 3.06. The molecular formula is C29H28N10O3. The van der Waals surface area contributed by atoms with E-state index in [0.717, 1.165) is 29.5 Å². The average molecular weight is 565 g/mol. The molecule has 2 N–H and O–H groups in total. The van der Waals surface area contributed by atoms with Crippen LogP contribution >= 0.6 is 0 Å². The van der Waals surface area contributed by atoms with E-state index in [1.54, 1.807) is 36.1 Å². The van der Waals surface area contributed by atoms with E-state index in [2.05, 4.69) is 54.6 Å². The Kier molecular flexibility index (Phi) is 6.97. The van der Waals surface area contributed by atoms with Crippen LogP contribution in [0.3, 0.4) is 0 Å². The third kappa shape index (κ3) is 5.23. The van der Waals surface area contributed by atoms with Crippen LogP contribution in [-0.4, -0.2) is 68.1 Å². The number of benzene rings is 2. The first-order valence-corrected chi connectivity index (χ1v) is 13.4. The van der Waals surface area contributed by atoms with Gasteiger partial charge in [-0.3, -0.25) is 9.48 Å². The van der Waals surface area contributed by atoms with E-state index in [1.165, 1.54) is 13.2 Å². The van der Waals surface area contributed by atoms with Crippen molar-refractivity contribution in [2.75, 3.05) is 30.4 Å². The Morgan fingerprint density at radius 3 is 2.64 bits per heavy atom. The number of nitriles is 1. The summed E-state index contributed by atoms with van der Waals surface area (Å²) in [5, 5.41) is 29.3. The molecule has 4 heterocycles. The molecule has 2 aromatic carbocycles. The number of carbonyl (C=O) groups excluding carboxylic acids is 1. The largest absolute Gasteiger partial charge is 0.467 e. The van der Waals surface area contributed by atoms with Crippen LogP contribution in [0.25, 0.3) is 21.8 Å². The number of nitrogens with zero attached hydrogens (tertiary/aromatic N) is 8. The minimum absolute atomic E-state index is 0.172. The van der Waals surface area contributed by atoms with Gasteiger partial charge in [0.05, 0.1) is 18.2 Å². The lowest BCUT2D eigenvalue weighted by molar-refractivity contribution is 0.102. The second-order valence-corrected chi connectivity index (χ2v) is 10.3. The van der Waals surface area contributed by atoms with Crippen LogP contribution in [0.15, 0.2) is 48.8 Å². The van der Waals surface area contributed by atoms with E-state index < -0.39 is 0 Å². The van der Waals surface area contributed by atoms with Crippen molar-refractivity contribution in [1.82, 2.24) is 35.3 Å². The zero-order valence-electron chi connectivity index (χ0n) is 23.5. The number of ether oxygens (including phenoxy) is 2. The second kappa shape index (κ2) is 10.9. The fourth-order valence-electron chi connectivity index (χ4n) is 5.29. The Labute approximate surface area is 241 Å². The van der Waals surface area contributed by atoms with E-state index in [9.17, 15) is 4.79 Å². The molecule has 2 atom stereocenters. The monoisotopic (exact) mass is 564 g/mol. The second-order valence-electron chi connectivity index (χ2n) is 10.3.